The zero-order valence-electron chi connectivity index (χ0n) is 14.7. The van der Waals surface area contributed by atoms with Crippen LogP contribution in [-0.2, 0) is 24.9 Å². The number of alkyl halides is 1. The zero-order valence-corrected chi connectivity index (χ0v) is 16.3. The monoisotopic (exact) mass is 432 g/mol. The van der Waals surface area contributed by atoms with Gasteiger partial charge in [-0.25, -0.2) is 26.8 Å². The number of ether oxygens (including phenoxy) is 2. The summed E-state index contributed by atoms with van der Waals surface area (Å²) >= 11 is 0. The van der Waals surface area contributed by atoms with E-state index in [-0.39, 0.29) is 22.3 Å². The van der Waals surface area contributed by atoms with E-state index in [4.69, 9.17) is 10.7 Å². The minimum absolute atomic E-state index is 0.0603. The minimum atomic E-state index is -4.76. The van der Waals surface area contributed by atoms with Gasteiger partial charge >= 0.3 is 11.9 Å². The van der Waals surface area contributed by atoms with Gasteiger partial charge in [0.05, 0.1) is 25.3 Å². The van der Waals surface area contributed by atoms with Gasteiger partial charge in [0.1, 0.15) is 5.82 Å². The number of hydrogen-bond donors (Lipinski definition) is 0. The maximum atomic E-state index is 14.7. The molecule has 6 nitrogen and oxygen atoms in total. The second-order valence-electron chi connectivity index (χ2n) is 5.60. The molecule has 0 aliphatic carbocycles. The zero-order chi connectivity index (χ0) is 21.1. The van der Waals surface area contributed by atoms with E-state index in [9.17, 15) is 26.8 Å². The van der Waals surface area contributed by atoms with Crippen molar-refractivity contribution in [1.29, 1.82) is 0 Å². The summed E-state index contributed by atoms with van der Waals surface area (Å²) < 4.78 is 61.4. The van der Waals surface area contributed by atoms with Crippen LogP contribution in [0.1, 0.15) is 42.9 Å². The number of halogens is 3. The first-order valence-corrected chi connectivity index (χ1v) is 10.1. The Kier molecular flexibility index (Phi) is 6.73. The van der Waals surface area contributed by atoms with Gasteiger partial charge in [-0.3, -0.25) is 0 Å². The molecule has 10 heteroatoms. The highest BCUT2D eigenvalue weighted by molar-refractivity contribution is 8.13. The molecule has 0 aromatic heterocycles. The van der Waals surface area contributed by atoms with Crippen LogP contribution in [-0.4, -0.2) is 34.6 Å². The number of carbonyl (C=O) groups is 2. The van der Waals surface area contributed by atoms with Gasteiger partial charge in [-0.1, -0.05) is 18.2 Å². The fourth-order valence-electron chi connectivity index (χ4n) is 2.69. The number of benzene rings is 2. The van der Waals surface area contributed by atoms with Crippen LogP contribution in [0.4, 0.5) is 8.78 Å². The van der Waals surface area contributed by atoms with Crippen LogP contribution in [0, 0.1) is 5.82 Å². The predicted octanol–water partition coefficient (Wildman–Crippen LogP) is 3.53. The van der Waals surface area contributed by atoms with Crippen LogP contribution >= 0.6 is 10.7 Å². The van der Waals surface area contributed by atoms with Crippen molar-refractivity contribution >= 4 is 31.7 Å². The van der Waals surface area contributed by atoms with Crippen LogP contribution in [0.15, 0.2) is 36.4 Å². The lowest BCUT2D eigenvalue weighted by molar-refractivity contribution is 0.0589. The number of hydrogen-bond acceptors (Lipinski definition) is 6. The van der Waals surface area contributed by atoms with E-state index in [1.54, 1.807) is 0 Å². The maximum Gasteiger partial charge on any atom is 0.338 e. The summed E-state index contributed by atoms with van der Waals surface area (Å²) in [5.41, 5.74) is -4.07. The molecule has 0 heterocycles. The molecule has 0 bridgehead atoms. The van der Waals surface area contributed by atoms with Crippen LogP contribution in [0.3, 0.4) is 0 Å². The summed E-state index contributed by atoms with van der Waals surface area (Å²) in [6, 6.07) is 7.47. The third-order valence-corrected chi connectivity index (χ3v) is 5.17. The second-order valence-corrected chi connectivity index (χ2v) is 8.25. The molecule has 1 unspecified atom stereocenters. The molecule has 0 aliphatic rings. The summed E-state index contributed by atoms with van der Waals surface area (Å²) in [5, 5.41) is 0. The van der Waals surface area contributed by atoms with E-state index in [1.807, 2.05) is 0 Å². The van der Waals surface area contributed by atoms with Crippen molar-refractivity contribution in [3.05, 3.63) is 70.0 Å². The van der Waals surface area contributed by atoms with Gasteiger partial charge in [-0.2, -0.15) is 0 Å². The van der Waals surface area contributed by atoms with Crippen molar-refractivity contribution in [3.63, 3.8) is 0 Å². The fourth-order valence-corrected chi connectivity index (χ4v) is 3.52. The molecule has 28 heavy (non-hydrogen) atoms. The van der Waals surface area contributed by atoms with Gasteiger partial charge in [-0.05, 0) is 23.8 Å². The number of rotatable bonds is 6. The topological polar surface area (TPSA) is 86.7 Å². The Morgan fingerprint density at radius 1 is 1.04 bits per heavy atom. The summed E-state index contributed by atoms with van der Waals surface area (Å²) in [5.74, 6) is -2.62. The highest BCUT2D eigenvalue weighted by Crippen LogP contribution is 2.34. The van der Waals surface area contributed by atoms with Crippen LogP contribution in [0.25, 0.3) is 0 Å². The van der Waals surface area contributed by atoms with Gasteiger partial charge in [0.2, 0.25) is 5.50 Å². The quantitative estimate of drug-likeness (QED) is 0.512. The molecular weight excluding hydrogens is 418 g/mol. The molecule has 0 amide bonds. The predicted molar refractivity (Wildman–Crippen MR) is 96.9 cm³/mol. The molecule has 0 N–H and O–H groups in total. The first-order valence-electron chi connectivity index (χ1n) is 7.75. The molecule has 2 rings (SSSR count). The lowest BCUT2D eigenvalue weighted by atomic mass is 9.93. The van der Waals surface area contributed by atoms with Gasteiger partial charge in [0.25, 0.3) is 9.05 Å². The summed E-state index contributed by atoms with van der Waals surface area (Å²) in [6.07, 6.45) is -0.399. The Bertz CT molecular complexity index is 1020. The number of methoxy groups -OCH3 is 2. The highest BCUT2D eigenvalue weighted by atomic mass is 35.7. The first kappa shape index (κ1) is 21.8. The average Bonchev–Trinajstić information content (AvgIpc) is 2.66. The van der Waals surface area contributed by atoms with Crippen molar-refractivity contribution in [2.75, 3.05) is 14.2 Å². The van der Waals surface area contributed by atoms with Gasteiger partial charge < -0.3 is 9.47 Å². The molecule has 0 spiro atoms. The van der Waals surface area contributed by atoms with E-state index in [2.05, 4.69) is 9.47 Å². The van der Waals surface area contributed by atoms with Gasteiger partial charge in [0, 0.05) is 28.2 Å². The first-order chi connectivity index (χ1) is 13.1. The molecular formula is C18H15ClF2O6S. The van der Waals surface area contributed by atoms with E-state index >= 15 is 0 Å². The van der Waals surface area contributed by atoms with Crippen molar-refractivity contribution in [3.8, 4) is 0 Å². The standard InChI is InChI=1S/C18H15ClF2O6S/c1-26-17(22)11-6-4-8-14(20)13(11)9-10-5-3-7-12(18(23)27-2)15(10)16(21)28(19,24)25/h3-8,16H,9H2,1-2H3. The maximum absolute atomic E-state index is 14.7. The van der Waals surface area contributed by atoms with E-state index in [1.165, 1.54) is 24.3 Å². The molecule has 150 valence electrons. The van der Waals surface area contributed by atoms with Crippen LogP contribution < -0.4 is 0 Å². The smallest absolute Gasteiger partial charge is 0.338 e. The van der Waals surface area contributed by atoms with E-state index in [0.717, 1.165) is 26.4 Å². The van der Waals surface area contributed by atoms with Crippen molar-refractivity contribution in [2.24, 2.45) is 0 Å². The number of esters is 2. The molecule has 2 aromatic rings. The third-order valence-electron chi connectivity index (χ3n) is 3.97. The summed E-state index contributed by atoms with van der Waals surface area (Å²) in [7, 11) is 2.53. The van der Waals surface area contributed by atoms with Gasteiger partial charge in [-0.15, -0.1) is 0 Å². The van der Waals surface area contributed by atoms with Gasteiger partial charge in [0.15, 0.2) is 0 Å². The van der Waals surface area contributed by atoms with Crippen molar-refractivity contribution in [2.45, 2.75) is 11.9 Å². The Labute approximate surface area is 164 Å². The molecule has 1 atom stereocenters. The van der Waals surface area contributed by atoms with Crippen molar-refractivity contribution in [1.82, 2.24) is 0 Å². The second kappa shape index (κ2) is 8.66. The fraction of sp³-hybridized carbons (Fsp3) is 0.222. The Hall–Kier alpha value is -2.52. The average molecular weight is 433 g/mol. The molecule has 0 saturated carbocycles. The normalized spacial score (nSPS) is 12.3. The lowest BCUT2D eigenvalue weighted by Gasteiger charge is -2.17. The Morgan fingerprint density at radius 3 is 2.14 bits per heavy atom. The Balaban J connectivity index is 2.72. The summed E-state index contributed by atoms with van der Waals surface area (Å²) in [4.78, 5) is 23.9. The molecule has 0 saturated heterocycles. The molecule has 2 aromatic carbocycles. The highest BCUT2D eigenvalue weighted by Gasteiger charge is 2.32. The van der Waals surface area contributed by atoms with Crippen LogP contribution in [0.5, 0.6) is 0 Å². The lowest BCUT2D eigenvalue weighted by Crippen LogP contribution is -2.15. The number of carbonyl (C=O) groups excluding carboxylic acids is 2. The van der Waals surface area contributed by atoms with Crippen molar-refractivity contribution < 1.29 is 36.3 Å². The van der Waals surface area contributed by atoms with E-state index < -0.39 is 44.3 Å². The summed E-state index contributed by atoms with van der Waals surface area (Å²) in [6.45, 7) is 0. The molecule has 0 aliphatic heterocycles. The minimum Gasteiger partial charge on any atom is -0.465 e. The van der Waals surface area contributed by atoms with E-state index in [0.29, 0.717) is 0 Å². The third kappa shape index (κ3) is 4.48. The SMILES string of the molecule is COC(=O)c1cccc(F)c1Cc1cccc(C(=O)OC)c1C(F)S(=O)(=O)Cl. The Morgan fingerprint density at radius 2 is 1.57 bits per heavy atom. The van der Waals surface area contributed by atoms with Crippen LogP contribution in [0.2, 0.25) is 0 Å². The largest absolute Gasteiger partial charge is 0.465 e. The molecule has 0 fully saturated rings. The molecule has 0 radical (unpaired) electrons.